The van der Waals surface area contributed by atoms with Crippen LogP contribution in [0.1, 0.15) is 25.3 Å². The van der Waals surface area contributed by atoms with Crippen molar-refractivity contribution in [1.82, 2.24) is 5.43 Å². The number of nitrogens with two attached hydrogens (primary N) is 1. The molecule has 0 spiro atoms. The summed E-state index contributed by atoms with van der Waals surface area (Å²) in [6, 6.07) is 12.1. The van der Waals surface area contributed by atoms with Crippen LogP contribution < -0.4 is 15.9 Å². The van der Waals surface area contributed by atoms with Crippen LogP contribution in [0.25, 0.3) is 10.8 Å². The van der Waals surface area contributed by atoms with Crippen LogP contribution in [0.4, 0.5) is 0 Å². The number of nitrogens with zero attached hydrogens (tertiary/aromatic N) is 1. The van der Waals surface area contributed by atoms with E-state index in [1.807, 2.05) is 24.3 Å². The fourth-order valence-corrected chi connectivity index (χ4v) is 2.07. The van der Waals surface area contributed by atoms with E-state index in [4.69, 9.17) is 22.7 Å². The lowest BCUT2D eigenvalue weighted by atomic mass is 10.0. The third-order valence-corrected chi connectivity index (χ3v) is 3.15. The van der Waals surface area contributed by atoms with Crippen LogP contribution in [0.15, 0.2) is 41.5 Å². The van der Waals surface area contributed by atoms with Crippen LogP contribution in [0.5, 0.6) is 5.75 Å². The second-order valence-electron chi connectivity index (χ2n) is 4.63. The molecule has 0 saturated heterocycles. The average Bonchev–Trinajstić information content (AvgIpc) is 2.48. The lowest BCUT2D eigenvalue weighted by Gasteiger charge is -2.11. The van der Waals surface area contributed by atoms with Gasteiger partial charge in [0.15, 0.2) is 5.11 Å². The van der Waals surface area contributed by atoms with Gasteiger partial charge in [0.1, 0.15) is 5.75 Å². The predicted octanol–water partition coefficient (Wildman–Crippen LogP) is 3.19. The topological polar surface area (TPSA) is 59.6 Å². The molecule has 0 radical (unpaired) electrons. The first kappa shape index (κ1) is 15.3. The lowest BCUT2D eigenvalue weighted by Crippen LogP contribution is -2.24. The van der Waals surface area contributed by atoms with Gasteiger partial charge < -0.3 is 10.5 Å². The molecule has 4 nitrogen and oxygen atoms in total. The Morgan fingerprint density at radius 3 is 2.90 bits per heavy atom. The monoisotopic (exact) mass is 301 g/mol. The second-order valence-corrected chi connectivity index (χ2v) is 5.07. The van der Waals surface area contributed by atoms with Crippen molar-refractivity contribution < 1.29 is 4.74 Å². The fraction of sp³-hybridized carbons (Fsp3) is 0.250. The zero-order valence-electron chi connectivity index (χ0n) is 12.0. The lowest BCUT2D eigenvalue weighted by molar-refractivity contribution is 0.309. The zero-order chi connectivity index (χ0) is 15.1. The van der Waals surface area contributed by atoms with Crippen LogP contribution in [-0.2, 0) is 0 Å². The van der Waals surface area contributed by atoms with Crippen molar-refractivity contribution in [3.05, 3.63) is 42.0 Å². The molecule has 2 aromatic rings. The van der Waals surface area contributed by atoms with Gasteiger partial charge >= 0.3 is 0 Å². The molecule has 0 fully saturated rings. The number of thiocarbonyl (C=S) groups is 1. The van der Waals surface area contributed by atoms with E-state index in [2.05, 4.69) is 29.6 Å². The Hall–Kier alpha value is -2.14. The Labute approximate surface area is 130 Å². The maximum atomic E-state index is 5.86. The molecule has 3 N–H and O–H groups in total. The van der Waals surface area contributed by atoms with Crippen molar-refractivity contribution in [3.8, 4) is 5.75 Å². The van der Waals surface area contributed by atoms with Crippen molar-refractivity contribution in [1.29, 1.82) is 0 Å². The van der Waals surface area contributed by atoms with E-state index in [0.717, 1.165) is 34.9 Å². The van der Waals surface area contributed by atoms with E-state index < -0.39 is 0 Å². The Bertz CT molecular complexity index is 655. The first-order chi connectivity index (χ1) is 10.2. The minimum absolute atomic E-state index is 0.139. The summed E-state index contributed by atoms with van der Waals surface area (Å²) in [7, 11) is 0. The van der Waals surface area contributed by atoms with Gasteiger partial charge in [-0.15, -0.1) is 0 Å². The molecule has 0 bridgehead atoms. The summed E-state index contributed by atoms with van der Waals surface area (Å²) in [6.45, 7) is 2.83. The molecule has 0 aliphatic carbocycles. The van der Waals surface area contributed by atoms with E-state index in [0.29, 0.717) is 6.61 Å². The van der Waals surface area contributed by atoms with Crippen molar-refractivity contribution in [2.75, 3.05) is 6.61 Å². The van der Waals surface area contributed by atoms with E-state index >= 15 is 0 Å². The molecule has 0 amide bonds. The third kappa shape index (κ3) is 4.16. The fourth-order valence-electron chi connectivity index (χ4n) is 2.02. The number of benzene rings is 2. The molecule has 21 heavy (non-hydrogen) atoms. The van der Waals surface area contributed by atoms with Crippen LogP contribution in [-0.4, -0.2) is 17.9 Å². The number of nitrogens with one attached hydrogen (secondary N) is 1. The quantitative estimate of drug-likeness (QED) is 0.372. The van der Waals surface area contributed by atoms with Gasteiger partial charge in [-0.3, -0.25) is 5.43 Å². The molecule has 0 aliphatic heterocycles. The highest BCUT2D eigenvalue weighted by Gasteiger charge is 2.07. The number of hydrazone groups is 1. The number of unbranched alkanes of at least 4 members (excludes halogenated alkanes) is 1. The predicted molar refractivity (Wildman–Crippen MR) is 91.9 cm³/mol. The minimum atomic E-state index is 0.139. The van der Waals surface area contributed by atoms with Crippen molar-refractivity contribution >= 4 is 34.3 Å². The Morgan fingerprint density at radius 2 is 2.14 bits per heavy atom. The molecule has 110 valence electrons. The first-order valence-corrected chi connectivity index (χ1v) is 7.36. The normalized spacial score (nSPS) is 10.9. The van der Waals surface area contributed by atoms with Gasteiger partial charge in [-0.25, -0.2) is 0 Å². The molecule has 0 atom stereocenters. The van der Waals surface area contributed by atoms with Gasteiger partial charge in [0.05, 0.1) is 12.8 Å². The van der Waals surface area contributed by atoms with E-state index in [-0.39, 0.29) is 5.11 Å². The highest BCUT2D eigenvalue weighted by atomic mass is 32.1. The second kappa shape index (κ2) is 7.59. The Morgan fingerprint density at radius 1 is 1.33 bits per heavy atom. The standard InChI is InChI=1S/C16H19N3OS/c1-2-3-10-20-15-9-8-12-6-4-5-7-13(12)14(15)11-18-19-16(17)21/h4-9,11H,2-3,10H2,1H3,(H3,17,19,21)/b18-11+. The SMILES string of the molecule is CCCCOc1ccc2ccccc2c1/C=N/NC(N)=S. The highest BCUT2D eigenvalue weighted by molar-refractivity contribution is 7.80. The maximum absolute atomic E-state index is 5.86. The van der Waals surface area contributed by atoms with Gasteiger partial charge in [0.25, 0.3) is 0 Å². The smallest absolute Gasteiger partial charge is 0.184 e. The molecule has 0 unspecified atom stereocenters. The third-order valence-electron chi connectivity index (χ3n) is 3.05. The number of ether oxygens (including phenoxy) is 1. The molecule has 2 rings (SSSR count). The summed E-state index contributed by atoms with van der Waals surface area (Å²) < 4.78 is 5.86. The van der Waals surface area contributed by atoms with Crippen LogP contribution in [0, 0.1) is 0 Å². The molecule has 0 aliphatic rings. The van der Waals surface area contributed by atoms with Crippen LogP contribution in [0.2, 0.25) is 0 Å². The molecule has 2 aromatic carbocycles. The molecular formula is C16H19N3OS. The number of hydrogen-bond donors (Lipinski definition) is 2. The molecule has 5 heteroatoms. The zero-order valence-corrected chi connectivity index (χ0v) is 12.8. The molecule has 0 heterocycles. The van der Waals surface area contributed by atoms with Gasteiger partial charge in [-0.05, 0) is 35.5 Å². The van der Waals surface area contributed by atoms with Crippen LogP contribution in [0.3, 0.4) is 0 Å². The molecule has 0 aromatic heterocycles. The van der Waals surface area contributed by atoms with Crippen molar-refractivity contribution in [2.45, 2.75) is 19.8 Å². The first-order valence-electron chi connectivity index (χ1n) is 6.95. The van der Waals surface area contributed by atoms with Gasteiger partial charge in [-0.1, -0.05) is 43.7 Å². The summed E-state index contributed by atoms with van der Waals surface area (Å²) in [6.07, 6.45) is 3.82. The van der Waals surface area contributed by atoms with Crippen molar-refractivity contribution in [3.63, 3.8) is 0 Å². The number of fused-ring (bicyclic) bond motifs is 1. The molecule has 0 saturated carbocycles. The number of hydrogen-bond acceptors (Lipinski definition) is 3. The average molecular weight is 301 g/mol. The van der Waals surface area contributed by atoms with E-state index in [1.165, 1.54) is 0 Å². The Kier molecular flexibility index (Phi) is 5.51. The summed E-state index contributed by atoms with van der Waals surface area (Å²) in [4.78, 5) is 0. The highest BCUT2D eigenvalue weighted by Crippen LogP contribution is 2.26. The van der Waals surface area contributed by atoms with E-state index in [9.17, 15) is 0 Å². The van der Waals surface area contributed by atoms with Gasteiger partial charge in [-0.2, -0.15) is 5.10 Å². The van der Waals surface area contributed by atoms with Crippen molar-refractivity contribution in [2.24, 2.45) is 10.8 Å². The summed E-state index contributed by atoms with van der Waals surface area (Å²) in [5.74, 6) is 0.815. The minimum Gasteiger partial charge on any atom is -0.493 e. The maximum Gasteiger partial charge on any atom is 0.184 e. The largest absolute Gasteiger partial charge is 0.493 e. The Balaban J connectivity index is 2.36. The number of rotatable bonds is 6. The molecular weight excluding hydrogens is 282 g/mol. The van der Waals surface area contributed by atoms with Crippen LogP contribution >= 0.6 is 12.2 Å². The summed E-state index contributed by atoms with van der Waals surface area (Å²) >= 11 is 4.75. The summed E-state index contributed by atoms with van der Waals surface area (Å²) in [5, 5.41) is 6.42. The van der Waals surface area contributed by atoms with Gasteiger partial charge in [0, 0.05) is 5.56 Å². The summed E-state index contributed by atoms with van der Waals surface area (Å²) in [5.41, 5.74) is 8.88. The van der Waals surface area contributed by atoms with Gasteiger partial charge in [0.2, 0.25) is 0 Å². The van der Waals surface area contributed by atoms with E-state index in [1.54, 1.807) is 6.21 Å².